The molecule has 0 fully saturated rings. The summed E-state index contributed by atoms with van der Waals surface area (Å²) in [6, 6.07) is 13.7. The van der Waals surface area contributed by atoms with E-state index in [1.54, 1.807) is 0 Å². The van der Waals surface area contributed by atoms with Crippen molar-refractivity contribution >= 4 is 11.7 Å². The maximum atomic E-state index is 12.2. The van der Waals surface area contributed by atoms with Crippen molar-refractivity contribution in [3.05, 3.63) is 59.2 Å². The van der Waals surface area contributed by atoms with Gasteiger partial charge in [-0.15, -0.1) is 0 Å². The lowest BCUT2D eigenvalue weighted by atomic mass is 10.0. The fraction of sp³-hybridized carbons (Fsp3) is 0.350. The number of aryl methyl sites for hydroxylation is 2. The van der Waals surface area contributed by atoms with Crippen molar-refractivity contribution in [2.45, 2.75) is 40.2 Å². The summed E-state index contributed by atoms with van der Waals surface area (Å²) >= 11 is 0. The van der Waals surface area contributed by atoms with E-state index in [1.807, 2.05) is 37.3 Å². The van der Waals surface area contributed by atoms with Gasteiger partial charge < -0.3 is 15.4 Å². The third-order valence-electron chi connectivity index (χ3n) is 3.92. The largest absolute Gasteiger partial charge is 0.494 e. The van der Waals surface area contributed by atoms with Crippen LogP contribution in [0.3, 0.4) is 0 Å². The minimum absolute atomic E-state index is 0.181. The molecular weight excluding hydrogens is 300 g/mol. The van der Waals surface area contributed by atoms with Crippen LogP contribution in [0.1, 0.15) is 37.5 Å². The number of rotatable bonds is 7. The average molecular weight is 326 g/mol. The molecule has 0 aliphatic rings. The van der Waals surface area contributed by atoms with Crippen molar-refractivity contribution in [1.29, 1.82) is 0 Å². The molecule has 0 aliphatic heterocycles. The van der Waals surface area contributed by atoms with E-state index in [-0.39, 0.29) is 6.03 Å². The van der Waals surface area contributed by atoms with E-state index >= 15 is 0 Å². The number of benzene rings is 2. The van der Waals surface area contributed by atoms with Crippen molar-refractivity contribution in [2.75, 3.05) is 11.9 Å². The minimum Gasteiger partial charge on any atom is -0.494 e. The topological polar surface area (TPSA) is 50.4 Å². The van der Waals surface area contributed by atoms with Crippen LogP contribution in [0.2, 0.25) is 0 Å². The van der Waals surface area contributed by atoms with Crippen molar-refractivity contribution in [3.8, 4) is 5.75 Å². The maximum Gasteiger partial charge on any atom is 0.319 e. The van der Waals surface area contributed by atoms with E-state index in [9.17, 15) is 4.79 Å². The molecule has 0 saturated carbocycles. The molecule has 0 saturated heterocycles. The monoisotopic (exact) mass is 326 g/mol. The lowest BCUT2D eigenvalue weighted by Gasteiger charge is -2.15. The minimum atomic E-state index is -0.181. The Morgan fingerprint density at radius 3 is 2.12 bits per heavy atom. The van der Waals surface area contributed by atoms with Gasteiger partial charge in [0.15, 0.2) is 0 Å². The quantitative estimate of drug-likeness (QED) is 0.785. The van der Waals surface area contributed by atoms with Gasteiger partial charge in [0, 0.05) is 12.2 Å². The molecule has 4 heteroatoms. The number of hydrogen-bond donors (Lipinski definition) is 2. The van der Waals surface area contributed by atoms with Gasteiger partial charge in [-0.1, -0.05) is 44.2 Å². The number of anilines is 1. The molecule has 24 heavy (non-hydrogen) atoms. The van der Waals surface area contributed by atoms with Gasteiger partial charge in [-0.2, -0.15) is 0 Å². The molecule has 0 unspecified atom stereocenters. The molecule has 0 radical (unpaired) electrons. The van der Waals surface area contributed by atoms with E-state index in [4.69, 9.17) is 4.74 Å². The third-order valence-corrected chi connectivity index (χ3v) is 3.92. The molecule has 2 N–H and O–H groups in total. The number of nitrogens with one attached hydrogen (secondary N) is 2. The summed E-state index contributed by atoms with van der Waals surface area (Å²) in [6.07, 6.45) is 1.78. The maximum absolute atomic E-state index is 12.2. The van der Waals surface area contributed by atoms with Crippen LogP contribution >= 0.6 is 0 Å². The second-order valence-electron chi connectivity index (χ2n) is 5.54. The van der Waals surface area contributed by atoms with Crippen LogP contribution < -0.4 is 15.4 Å². The van der Waals surface area contributed by atoms with Crippen LogP contribution in [0.5, 0.6) is 5.75 Å². The number of carbonyl (C=O) groups is 1. The summed E-state index contributed by atoms with van der Waals surface area (Å²) in [5.74, 6) is 0.843. The summed E-state index contributed by atoms with van der Waals surface area (Å²) in [5, 5.41) is 5.92. The van der Waals surface area contributed by atoms with Gasteiger partial charge in [0.25, 0.3) is 0 Å². The number of carbonyl (C=O) groups excluding carboxylic acids is 1. The molecule has 0 aliphatic carbocycles. The Labute approximate surface area is 144 Å². The Balaban J connectivity index is 1.96. The molecule has 2 amide bonds. The smallest absolute Gasteiger partial charge is 0.319 e. The van der Waals surface area contributed by atoms with Crippen LogP contribution in [0.4, 0.5) is 10.5 Å². The summed E-state index contributed by atoms with van der Waals surface area (Å²) in [5.41, 5.74) is 4.29. The zero-order chi connectivity index (χ0) is 17.4. The Kier molecular flexibility index (Phi) is 6.67. The van der Waals surface area contributed by atoms with Gasteiger partial charge in [0.05, 0.1) is 6.61 Å². The van der Waals surface area contributed by atoms with Crippen LogP contribution in [-0.2, 0) is 19.4 Å². The summed E-state index contributed by atoms with van der Waals surface area (Å²) in [6.45, 7) is 7.28. The zero-order valence-electron chi connectivity index (χ0n) is 14.7. The van der Waals surface area contributed by atoms with Gasteiger partial charge in [-0.3, -0.25) is 0 Å². The Hall–Kier alpha value is -2.49. The van der Waals surface area contributed by atoms with E-state index in [2.05, 4.69) is 36.6 Å². The first-order valence-electron chi connectivity index (χ1n) is 8.55. The highest BCUT2D eigenvalue weighted by molar-refractivity contribution is 5.91. The highest BCUT2D eigenvalue weighted by Gasteiger charge is 2.09. The molecule has 0 heterocycles. The third kappa shape index (κ3) is 4.75. The SMILES string of the molecule is CCOc1ccc(CNC(=O)Nc2c(CC)cccc2CC)cc1. The first-order valence-corrected chi connectivity index (χ1v) is 8.55. The first-order chi connectivity index (χ1) is 11.7. The van der Waals surface area contributed by atoms with Gasteiger partial charge in [-0.25, -0.2) is 4.79 Å². The van der Waals surface area contributed by atoms with Gasteiger partial charge in [-0.05, 0) is 48.6 Å². The molecule has 0 atom stereocenters. The number of para-hydroxylation sites is 1. The van der Waals surface area contributed by atoms with Crippen LogP contribution in [-0.4, -0.2) is 12.6 Å². The highest BCUT2D eigenvalue weighted by Crippen LogP contribution is 2.22. The van der Waals surface area contributed by atoms with E-state index in [1.165, 1.54) is 0 Å². The van der Waals surface area contributed by atoms with Crippen LogP contribution in [0, 0.1) is 0 Å². The number of hydrogen-bond acceptors (Lipinski definition) is 2. The molecular formula is C20H26N2O2. The first kappa shape index (κ1) is 17.9. The van der Waals surface area contributed by atoms with Gasteiger partial charge in [0.1, 0.15) is 5.75 Å². The average Bonchev–Trinajstić information content (AvgIpc) is 2.61. The van der Waals surface area contributed by atoms with Crippen LogP contribution in [0.15, 0.2) is 42.5 Å². The predicted octanol–water partition coefficient (Wildman–Crippen LogP) is 4.53. The molecule has 0 spiro atoms. The van der Waals surface area contributed by atoms with Gasteiger partial charge >= 0.3 is 6.03 Å². The fourth-order valence-electron chi connectivity index (χ4n) is 2.61. The standard InChI is InChI=1S/C20H26N2O2/c1-4-16-8-7-9-17(5-2)19(16)22-20(23)21-14-15-10-12-18(13-11-15)24-6-3/h7-13H,4-6,14H2,1-3H3,(H2,21,22,23). The zero-order valence-corrected chi connectivity index (χ0v) is 14.7. The Bertz CT molecular complexity index is 644. The van der Waals surface area contributed by atoms with E-state index in [0.717, 1.165) is 41.0 Å². The predicted molar refractivity (Wildman–Crippen MR) is 98.7 cm³/mol. The molecule has 128 valence electrons. The summed E-state index contributed by atoms with van der Waals surface area (Å²) in [7, 11) is 0. The van der Waals surface area contributed by atoms with Gasteiger partial charge in [0.2, 0.25) is 0 Å². The van der Waals surface area contributed by atoms with E-state index < -0.39 is 0 Å². The Morgan fingerprint density at radius 1 is 0.958 bits per heavy atom. The van der Waals surface area contributed by atoms with Crippen molar-refractivity contribution in [1.82, 2.24) is 5.32 Å². The second-order valence-corrected chi connectivity index (χ2v) is 5.54. The molecule has 0 aromatic heterocycles. The molecule has 2 rings (SSSR count). The van der Waals surface area contributed by atoms with Crippen molar-refractivity contribution in [3.63, 3.8) is 0 Å². The summed E-state index contributed by atoms with van der Waals surface area (Å²) < 4.78 is 5.42. The number of ether oxygens (including phenoxy) is 1. The lowest BCUT2D eigenvalue weighted by molar-refractivity contribution is 0.251. The van der Waals surface area contributed by atoms with Crippen LogP contribution in [0.25, 0.3) is 0 Å². The highest BCUT2D eigenvalue weighted by atomic mass is 16.5. The molecule has 0 bridgehead atoms. The number of urea groups is 1. The second kappa shape index (κ2) is 8.96. The summed E-state index contributed by atoms with van der Waals surface area (Å²) in [4.78, 5) is 12.2. The molecule has 2 aromatic rings. The lowest BCUT2D eigenvalue weighted by Crippen LogP contribution is -2.29. The Morgan fingerprint density at radius 2 is 1.58 bits per heavy atom. The normalized spacial score (nSPS) is 10.3. The number of amides is 2. The molecule has 2 aromatic carbocycles. The molecule has 4 nitrogen and oxygen atoms in total. The fourth-order valence-corrected chi connectivity index (χ4v) is 2.61. The van der Waals surface area contributed by atoms with E-state index in [0.29, 0.717) is 13.2 Å². The van der Waals surface area contributed by atoms with Crippen molar-refractivity contribution in [2.24, 2.45) is 0 Å². The van der Waals surface area contributed by atoms with Crippen molar-refractivity contribution < 1.29 is 9.53 Å².